The van der Waals surface area contributed by atoms with E-state index in [9.17, 15) is 15.0 Å². The lowest BCUT2D eigenvalue weighted by Gasteiger charge is -2.09. The number of rotatable bonds is 3. The molecule has 0 bridgehead atoms. The number of phenols is 2. The van der Waals surface area contributed by atoms with Crippen molar-refractivity contribution in [2.24, 2.45) is 0 Å². The quantitative estimate of drug-likeness (QED) is 0.658. The molecule has 2 N–H and O–H groups in total. The van der Waals surface area contributed by atoms with E-state index in [1.54, 1.807) is 32.0 Å². The Kier molecular flexibility index (Phi) is 4.34. The zero-order valence-electron chi connectivity index (χ0n) is 11.7. The fraction of sp³-hybridized carbons (Fsp3) is 0.118. The van der Waals surface area contributed by atoms with Gasteiger partial charge < -0.3 is 10.2 Å². The number of aryl methyl sites for hydroxylation is 1. The number of ketones is 1. The van der Waals surface area contributed by atoms with Crippen LogP contribution in [0, 0.1) is 13.8 Å². The van der Waals surface area contributed by atoms with Crippen molar-refractivity contribution < 1.29 is 15.0 Å². The first-order valence-electron chi connectivity index (χ1n) is 6.41. The third-order valence-corrected chi connectivity index (χ3v) is 3.84. The standard InChI is InChI=1S/C17H15ClO3/c1-10-9-15(21)16(11(2)17(10)18)14(20)8-7-12-5-3-4-6-13(12)19/h3-9,19,21H,1-2H3/b8-7+. The molecule has 0 aliphatic rings. The molecule has 0 amide bonds. The summed E-state index contributed by atoms with van der Waals surface area (Å²) in [6.45, 7) is 3.46. The second-order valence-corrected chi connectivity index (χ2v) is 5.16. The van der Waals surface area contributed by atoms with Crippen molar-refractivity contribution in [2.45, 2.75) is 13.8 Å². The Morgan fingerprint density at radius 1 is 1.14 bits per heavy atom. The number of phenolic OH excluding ortho intramolecular Hbond substituents is 2. The maximum Gasteiger partial charge on any atom is 0.189 e. The van der Waals surface area contributed by atoms with E-state index in [2.05, 4.69) is 0 Å². The van der Waals surface area contributed by atoms with Crippen molar-refractivity contribution in [1.29, 1.82) is 0 Å². The molecule has 2 aromatic carbocycles. The Hall–Kier alpha value is -2.26. The number of allylic oxidation sites excluding steroid dienone is 1. The van der Waals surface area contributed by atoms with Gasteiger partial charge >= 0.3 is 0 Å². The summed E-state index contributed by atoms with van der Waals surface area (Å²) in [6.07, 6.45) is 2.81. The second kappa shape index (κ2) is 6.02. The van der Waals surface area contributed by atoms with E-state index in [0.717, 1.165) is 0 Å². The van der Waals surface area contributed by atoms with Crippen LogP contribution in [0.4, 0.5) is 0 Å². The van der Waals surface area contributed by atoms with Gasteiger partial charge in [0.25, 0.3) is 0 Å². The van der Waals surface area contributed by atoms with Crippen LogP contribution in [0.3, 0.4) is 0 Å². The van der Waals surface area contributed by atoms with Crippen LogP contribution in [-0.4, -0.2) is 16.0 Å². The largest absolute Gasteiger partial charge is 0.507 e. The average Bonchev–Trinajstić information content (AvgIpc) is 2.44. The lowest BCUT2D eigenvalue weighted by molar-refractivity contribution is 0.104. The van der Waals surface area contributed by atoms with Gasteiger partial charge in [0.1, 0.15) is 11.5 Å². The molecule has 2 rings (SSSR count). The molecule has 3 nitrogen and oxygen atoms in total. The van der Waals surface area contributed by atoms with E-state index in [-0.39, 0.29) is 22.8 Å². The molecule has 0 radical (unpaired) electrons. The smallest absolute Gasteiger partial charge is 0.189 e. The molecule has 2 aromatic rings. The summed E-state index contributed by atoms with van der Waals surface area (Å²) in [5.41, 5.74) is 1.97. The molecule has 0 aliphatic heterocycles. The van der Waals surface area contributed by atoms with Gasteiger partial charge in [-0.2, -0.15) is 0 Å². The summed E-state index contributed by atoms with van der Waals surface area (Å²) in [7, 11) is 0. The van der Waals surface area contributed by atoms with Gasteiger partial charge in [0.2, 0.25) is 0 Å². The highest BCUT2D eigenvalue weighted by atomic mass is 35.5. The molecule has 0 saturated carbocycles. The SMILES string of the molecule is Cc1cc(O)c(C(=O)/C=C/c2ccccc2O)c(C)c1Cl. The molecule has 4 heteroatoms. The Morgan fingerprint density at radius 2 is 1.81 bits per heavy atom. The monoisotopic (exact) mass is 302 g/mol. The molecule has 108 valence electrons. The number of benzene rings is 2. The van der Waals surface area contributed by atoms with Gasteiger partial charge in [0.15, 0.2) is 5.78 Å². The van der Waals surface area contributed by atoms with Crippen LogP contribution in [0.5, 0.6) is 11.5 Å². The summed E-state index contributed by atoms with van der Waals surface area (Å²) in [4.78, 5) is 12.2. The molecule has 0 atom stereocenters. The van der Waals surface area contributed by atoms with Crippen molar-refractivity contribution in [3.05, 3.63) is 63.7 Å². The second-order valence-electron chi connectivity index (χ2n) is 4.78. The molecular formula is C17H15ClO3. The van der Waals surface area contributed by atoms with Crippen LogP contribution in [0.15, 0.2) is 36.4 Å². The predicted octanol–water partition coefficient (Wildman–Crippen LogP) is 4.26. The number of aromatic hydroxyl groups is 2. The van der Waals surface area contributed by atoms with Crippen molar-refractivity contribution >= 4 is 23.5 Å². The maximum atomic E-state index is 12.2. The highest BCUT2D eigenvalue weighted by Gasteiger charge is 2.16. The van der Waals surface area contributed by atoms with Gasteiger partial charge in [-0.3, -0.25) is 4.79 Å². The van der Waals surface area contributed by atoms with E-state index in [1.807, 2.05) is 0 Å². The maximum absolute atomic E-state index is 12.2. The minimum absolute atomic E-state index is 0.0874. The van der Waals surface area contributed by atoms with Gasteiger partial charge in [-0.05, 0) is 49.3 Å². The summed E-state index contributed by atoms with van der Waals surface area (Å²) in [5, 5.41) is 20.1. The lowest BCUT2D eigenvalue weighted by atomic mass is 9.99. The Labute approximate surface area is 128 Å². The highest BCUT2D eigenvalue weighted by Crippen LogP contribution is 2.31. The number of hydrogen-bond acceptors (Lipinski definition) is 3. The first kappa shape index (κ1) is 15.1. The molecule has 0 aromatic heterocycles. The lowest BCUT2D eigenvalue weighted by Crippen LogP contribution is -2.00. The fourth-order valence-corrected chi connectivity index (χ4v) is 2.28. The van der Waals surface area contributed by atoms with Gasteiger partial charge in [-0.1, -0.05) is 29.8 Å². The van der Waals surface area contributed by atoms with Crippen molar-refractivity contribution in [3.63, 3.8) is 0 Å². The number of halogens is 1. The normalized spacial score (nSPS) is 11.0. The Bertz CT molecular complexity index is 733. The predicted molar refractivity (Wildman–Crippen MR) is 84.1 cm³/mol. The summed E-state index contributed by atoms with van der Waals surface area (Å²) in [6, 6.07) is 8.15. The van der Waals surface area contributed by atoms with Crippen molar-refractivity contribution in [2.75, 3.05) is 0 Å². The zero-order valence-corrected chi connectivity index (χ0v) is 12.5. The van der Waals surface area contributed by atoms with Crippen molar-refractivity contribution in [1.82, 2.24) is 0 Å². The van der Waals surface area contributed by atoms with Gasteiger partial charge in [0.05, 0.1) is 5.56 Å². The van der Waals surface area contributed by atoms with Gasteiger partial charge in [-0.25, -0.2) is 0 Å². The third kappa shape index (κ3) is 3.09. The van der Waals surface area contributed by atoms with Crippen LogP contribution >= 0.6 is 11.6 Å². The number of hydrogen-bond donors (Lipinski definition) is 2. The first-order chi connectivity index (χ1) is 9.91. The van der Waals surface area contributed by atoms with E-state index in [0.29, 0.717) is 21.7 Å². The number of carbonyl (C=O) groups excluding carboxylic acids is 1. The molecule has 0 aliphatic carbocycles. The summed E-state index contributed by atoms with van der Waals surface area (Å²) >= 11 is 6.11. The molecule has 0 fully saturated rings. The Morgan fingerprint density at radius 3 is 2.48 bits per heavy atom. The summed E-state index contributed by atoms with van der Waals surface area (Å²) in [5.74, 6) is -0.374. The minimum Gasteiger partial charge on any atom is -0.507 e. The fourth-order valence-electron chi connectivity index (χ4n) is 2.13. The molecule has 0 unspecified atom stereocenters. The van der Waals surface area contributed by atoms with Gasteiger partial charge in [0, 0.05) is 10.6 Å². The van der Waals surface area contributed by atoms with E-state index in [4.69, 9.17) is 11.6 Å². The third-order valence-electron chi connectivity index (χ3n) is 3.26. The molecule has 21 heavy (non-hydrogen) atoms. The topological polar surface area (TPSA) is 57.5 Å². The summed E-state index contributed by atoms with van der Waals surface area (Å²) < 4.78 is 0. The molecule has 0 saturated heterocycles. The zero-order chi connectivity index (χ0) is 15.6. The number of carbonyl (C=O) groups is 1. The van der Waals surface area contributed by atoms with Gasteiger partial charge in [-0.15, -0.1) is 0 Å². The minimum atomic E-state index is -0.366. The van der Waals surface area contributed by atoms with Crippen LogP contribution < -0.4 is 0 Å². The van der Waals surface area contributed by atoms with Crippen LogP contribution in [0.25, 0.3) is 6.08 Å². The molecule has 0 spiro atoms. The number of para-hydroxylation sites is 1. The van der Waals surface area contributed by atoms with Crippen molar-refractivity contribution in [3.8, 4) is 11.5 Å². The molecular weight excluding hydrogens is 288 g/mol. The van der Waals surface area contributed by atoms with Crippen LogP contribution in [-0.2, 0) is 0 Å². The first-order valence-corrected chi connectivity index (χ1v) is 6.78. The van der Waals surface area contributed by atoms with Crippen LogP contribution in [0.1, 0.15) is 27.0 Å². The van der Waals surface area contributed by atoms with E-state index in [1.165, 1.54) is 24.3 Å². The highest BCUT2D eigenvalue weighted by molar-refractivity contribution is 6.33. The molecule has 0 heterocycles. The van der Waals surface area contributed by atoms with E-state index >= 15 is 0 Å². The average molecular weight is 303 g/mol. The van der Waals surface area contributed by atoms with E-state index < -0.39 is 0 Å². The Balaban J connectivity index is 2.38. The van der Waals surface area contributed by atoms with Crippen LogP contribution in [0.2, 0.25) is 5.02 Å².